The minimum atomic E-state index is -0.612. The van der Waals surface area contributed by atoms with Crippen molar-refractivity contribution in [2.24, 2.45) is 0 Å². The molecule has 5 aliphatic rings. The van der Waals surface area contributed by atoms with E-state index in [1.165, 1.54) is 18.2 Å². The molecule has 4 N–H and O–H groups in total. The molecule has 180 valence electrons. The Kier molecular flexibility index (Phi) is 5.37. The van der Waals surface area contributed by atoms with Crippen LogP contribution in [0.1, 0.15) is 28.8 Å². The molecular weight excluding hydrogens is 461 g/mol. The van der Waals surface area contributed by atoms with Gasteiger partial charge in [-0.2, -0.15) is 0 Å². The van der Waals surface area contributed by atoms with Crippen molar-refractivity contribution in [1.82, 2.24) is 9.97 Å². The number of nitrogen functional groups attached to an aromatic ring is 1. The molecule has 4 aromatic rings. The Labute approximate surface area is 206 Å². The second-order valence-electron chi connectivity index (χ2n) is 8.72. The third-order valence-electron chi connectivity index (χ3n) is 5.96. The predicted octanol–water partition coefficient (Wildman–Crippen LogP) is 5.29. The van der Waals surface area contributed by atoms with E-state index in [4.69, 9.17) is 15.2 Å². The van der Waals surface area contributed by atoms with E-state index in [0.29, 0.717) is 40.0 Å². The van der Waals surface area contributed by atoms with E-state index >= 15 is 0 Å². The number of anilines is 4. The van der Waals surface area contributed by atoms with Gasteiger partial charge < -0.3 is 25.8 Å². The molecule has 0 radical (unpaired) electrons. The summed E-state index contributed by atoms with van der Waals surface area (Å²) in [6.07, 6.45) is 3.87. The average molecular weight is 484 g/mol. The number of carbonyl (C=O) groups excluding carboxylic acids is 1. The van der Waals surface area contributed by atoms with Crippen LogP contribution in [0.4, 0.5) is 27.4 Å². The Morgan fingerprint density at radius 3 is 2.72 bits per heavy atom. The minimum Gasteiger partial charge on any atom is -0.490 e. The third kappa shape index (κ3) is 4.50. The van der Waals surface area contributed by atoms with E-state index in [0.717, 1.165) is 24.1 Å². The zero-order valence-corrected chi connectivity index (χ0v) is 19.1. The Balaban J connectivity index is 1.43. The second-order valence-corrected chi connectivity index (χ2v) is 8.72. The van der Waals surface area contributed by atoms with Crippen molar-refractivity contribution >= 4 is 28.9 Å². The lowest BCUT2D eigenvalue weighted by atomic mass is 10.1. The number of nitrogens with two attached hydrogens (primary N) is 1. The average Bonchev–Trinajstić information content (AvgIpc) is 3.69. The van der Waals surface area contributed by atoms with Gasteiger partial charge >= 0.3 is 0 Å². The fourth-order valence-electron chi connectivity index (χ4n) is 3.93. The number of nitrogens with one attached hydrogen (secondary N) is 2. The fourth-order valence-corrected chi connectivity index (χ4v) is 3.93. The molecule has 1 aliphatic carbocycles. The van der Waals surface area contributed by atoms with E-state index in [-0.39, 0.29) is 18.4 Å². The Hall–Kier alpha value is -4.66. The van der Waals surface area contributed by atoms with Crippen molar-refractivity contribution in [3.8, 4) is 22.8 Å². The van der Waals surface area contributed by atoms with Crippen LogP contribution >= 0.6 is 0 Å². The number of benzene rings is 3. The molecule has 1 amide bonds. The summed E-state index contributed by atoms with van der Waals surface area (Å²) in [5, 5.41) is 5.81. The molecule has 3 aromatic carbocycles. The molecule has 1 fully saturated rings. The van der Waals surface area contributed by atoms with Gasteiger partial charge in [0.05, 0.1) is 17.5 Å². The molecule has 0 spiro atoms. The summed E-state index contributed by atoms with van der Waals surface area (Å²) in [6.45, 7) is 0.157. The second kappa shape index (κ2) is 8.84. The quantitative estimate of drug-likeness (QED) is 0.332. The summed E-state index contributed by atoms with van der Waals surface area (Å²) in [4.78, 5) is 21.7. The maximum absolute atomic E-state index is 14.8. The normalized spacial score (nSPS) is 14.6. The summed E-state index contributed by atoms with van der Waals surface area (Å²) < 4.78 is 26.7. The van der Waals surface area contributed by atoms with Crippen LogP contribution in [-0.4, -0.2) is 22.0 Å². The van der Waals surface area contributed by atoms with Gasteiger partial charge in [-0.15, -0.1) is 0 Å². The van der Waals surface area contributed by atoms with E-state index in [1.54, 1.807) is 30.5 Å². The number of aromatic nitrogens is 2. The van der Waals surface area contributed by atoms with Crippen molar-refractivity contribution in [3.63, 3.8) is 0 Å². The van der Waals surface area contributed by atoms with Gasteiger partial charge in [-0.3, -0.25) is 4.79 Å². The van der Waals surface area contributed by atoms with E-state index in [9.17, 15) is 9.18 Å². The van der Waals surface area contributed by atoms with Gasteiger partial charge in [-0.05, 0) is 67.4 Å². The highest BCUT2D eigenvalue weighted by Crippen LogP contribution is 2.33. The van der Waals surface area contributed by atoms with Gasteiger partial charge in [-0.25, -0.2) is 14.4 Å². The largest absolute Gasteiger partial charge is 0.490 e. The van der Waals surface area contributed by atoms with Crippen molar-refractivity contribution in [2.45, 2.75) is 25.6 Å². The molecule has 1 aromatic heterocycles. The molecule has 0 atom stereocenters. The van der Waals surface area contributed by atoms with Crippen LogP contribution in [0.5, 0.6) is 11.5 Å². The molecule has 36 heavy (non-hydrogen) atoms. The van der Waals surface area contributed by atoms with Crippen LogP contribution < -0.4 is 25.8 Å². The van der Waals surface area contributed by atoms with Crippen LogP contribution in [0, 0.1) is 5.82 Å². The van der Waals surface area contributed by atoms with Gasteiger partial charge in [0.25, 0.3) is 5.91 Å². The first-order chi connectivity index (χ1) is 17.5. The predicted molar refractivity (Wildman–Crippen MR) is 134 cm³/mol. The highest BCUT2D eigenvalue weighted by molar-refractivity contribution is 6.05. The van der Waals surface area contributed by atoms with Crippen molar-refractivity contribution in [3.05, 3.63) is 83.8 Å². The van der Waals surface area contributed by atoms with Crippen LogP contribution in [0.25, 0.3) is 11.3 Å². The monoisotopic (exact) mass is 483 g/mol. The number of rotatable bonds is 2. The first-order valence-corrected chi connectivity index (χ1v) is 11.5. The highest BCUT2D eigenvalue weighted by atomic mass is 19.1. The van der Waals surface area contributed by atoms with Gasteiger partial charge in [0, 0.05) is 40.3 Å². The number of carbonyl (C=O) groups is 1. The Morgan fingerprint density at radius 2 is 1.92 bits per heavy atom. The standard InChI is InChI=1S/C27H22FN5O3/c28-21-13-19-5-7-24(21)32-26(34)15-1-6-20(22(29)12-15)23-9-10-30-27(33-23)31-17-2-8-25(36-18-3-4-18)16(11-17)14-35-19/h1-2,5-13,18H,3-4,14,29H2,(H,32,34)(H,30,31,33). The van der Waals surface area contributed by atoms with Gasteiger partial charge in [0.2, 0.25) is 5.95 Å². The van der Waals surface area contributed by atoms with Gasteiger partial charge in [0.15, 0.2) is 0 Å². The zero-order valence-electron chi connectivity index (χ0n) is 19.1. The smallest absolute Gasteiger partial charge is 0.255 e. The maximum atomic E-state index is 14.8. The molecule has 4 aliphatic heterocycles. The molecule has 0 unspecified atom stereocenters. The summed E-state index contributed by atoms with van der Waals surface area (Å²) >= 11 is 0. The summed E-state index contributed by atoms with van der Waals surface area (Å²) in [7, 11) is 0. The number of amides is 1. The Morgan fingerprint density at radius 1 is 1.03 bits per heavy atom. The lowest BCUT2D eigenvalue weighted by Gasteiger charge is -2.15. The first kappa shape index (κ1) is 21.8. The first-order valence-electron chi connectivity index (χ1n) is 11.5. The van der Waals surface area contributed by atoms with Crippen molar-refractivity contribution in [1.29, 1.82) is 0 Å². The van der Waals surface area contributed by atoms with Crippen LogP contribution in [0.15, 0.2) is 66.9 Å². The fraction of sp³-hybridized carbons (Fsp3) is 0.148. The van der Waals surface area contributed by atoms with Gasteiger partial charge in [-0.1, -0.05) is 0 Å². The number of nitrogens with zero attached hydrogens (tertiary/aromatic N) is 2. The molecule has 5 heterocycles. The number of ether oxygens (including phenoxy) is 2. The topological polar surface area (TPSA) is 111 Å². The lowest BCUT2D eigenvalue weighted by molar-refractivity contribution is 0.102. The van der Waals surface area contributed by atoms with Crippen LogP contribution in [-0.2, 0) is 6.61 Å². The maximum Gasteiger partial charge on any atom is 0.255 e. The number of halogens is 1. The molecule has 9 heteroatoms. The minimum absolute atomic E-state index is 0.0392. The molecule has 8 nitrogen and oxygen atoms in total. The lowest BCUT2D eigenvalue weighted by Crippen LogP contribution is -2.13. The highest BCUT2D eigenvalue weighted by Gasteiger charge is 2.25. The SMILES string of the molecule is Nc1cc2ccc1-c1ccnc(n1)Nc1ccc(OC3CC3)c(c1)COc1ccc(c(F)c1)NC2=O. The summed E-state index contributed by atoms with van der Waals surface area (Å²) in [5.41, 5.74) is 9.72. The third-order valence-corrected chi connectivity index (χ3v) is 5.96. The van der Waals surface area contributed by atoms with Crippen LogP contribution in [0.3, 0.4) is 0 Å². The number of hydrogen-bond acceptors (Lipinski definition) is 7. The molecule has 8 bridgehead atoms. The molecule has 9 rings (SSSR count). The summed E-state index contributed by atoms with van der Waals surface area (Å²) in [6, 6.07) is 16.6. The van der Waals surface area contributed by atoms with E-state index in [2.05, 4.69) is 20.6 Å². The zero-order chi connectivity index (χ0) is 24.6. The molecule has 1 saturated carbocycles. The van der Waals surface area contributed by atoms with Crippen LogP contribution in [0.2, 0.25) is 0 Å². The number of hydrogen-bond donors (Lipinski definition) is 3. The van der Waals surface area contributed by atoms with Gasteiger partial charge in [0.1, 0.15) is 23.9 Å². The van der Waals surface area contributed by atoms with E-state index < -0.39 is 11.7 Å². The molecular formula is C27H22FN5O3. The van der Waals surface area contributed by atoms with E-state index in [1.807, 2.05) is 18.2 Å². The summed E-state index contributed by atoms with van der Waals surface area (Å²) in [5.74, 6) is 0.317. The van der Waals surface area contributed by atoms with Crippen molar-refractivity contribution < 1.29 is 18.7 Å². The molecule has 0 saturated heterocycles. The van der Waals surface area contributed by atoms with Crippen molar-refractivity contribution in [2.75, 3.05) is 16.4 Å². The Bertz CT molecular complexity index is 1490.